The van der Waals surface area contributed by atoms with Crippen LogP contribution >= 0.6 is 0 Å². The highest BCUT2D eigenvalue weighted by molar-refractivity contribution is 5.81. The van der Waals surface area contributed by atoms with Crippen LogP contribution in [-0.4, -0.2) is 49.1 Å². The molecule has 1 aliphatic rings. The van der Waals surface area contributed by atoms with E-state index in [4.69, 9.17) is 11.2 Å². The molecule has 2 unspecified atom stereocenters. The van der Waals surface area contributed by atoms with Crippen LogP contribution in [0.2, 0.25) is 0 Å². The van der Waals surface area contributed by atoms with Crippen molar-refractivity contribution in [1.29, 1.82) is 0 Å². The Kier molecular flexibility index (Phi) is 6.37. The number of nitrogens with one attached hydrogen (secondary N) is 1. The molecule has 0 saturated carbocycles. The summed E-state index contributed by atoms with van der Waals surface area (Å²) in [5.74, 6) is 2.07. The summed E-state index contributed by atoms with van der Waals surface area (Å²) in [5.41, 5.74) is 0. The topological polar surface area (TPSA) is 58.6 Å². The van der Waals surface area contributed by atoms with Crippen molar-refractivity contribution in [3.05, 3.63) is 0 Å². The summed E-state index contributed by atoms with van der Waals surface area (Å²) in [6.45, 7) is 2.91. The Bertz CT molecular complexity index is 362. The van der Waals surface area contributed by atoms with Gasteiger partial charge < -0.3 is 10.1 Å². The standard InChI is InChI=1S/C14H22N2O3/c1-4-8-15-14(18)11(2)16-9-6-5-7-12(16)10-13(17)19-3/h1,11-12H,5-10H2,2-3H3,(H,15,18). The minimum atomic E-state index is -0.275. The van der Waals surface area contributed by atoms with E-state index >= 15 is 0 Å². The number of carbonyl (C=O) groups is 2. The molecule has 0 aliphatic carbocycles. The molecule has 5 heteroatoms. The summed E-state index contributed by atoms with van der Waals surface area (Å²) >= 11 is 0. The van der Waals surface area contributed by atoms with Gasteiger partial charge in [-0.2, -0.15) is 0 Å². The smallest absolute Gasteiger partial charge is 0.307 e. The second-order valence-corrected chi connectivity index (χ2v) is 4.77. The van der Waals surface area contributed by atoms with Crippen LogP contribution in [0.15, 0.2) is 0 Å². The van der Waals surface area contributed by atoms with E-state index in [0.29, 0.717) is 6.42 Å². The Balaban J connectivity index is 2.62. The summed E-state index contributed by atoms with van der Waals surface area (Å²) in [6.07, 6.45) is 8.51. The van der Waals surface area contributed by atoms with Crippen LogP contribution in [0.1, 0.15) is 32.6 Å². The molecule has 0 aromatic carbocycles. The van der Waals surface area contributed by atoms with Gasteiger partial charge in [0.05, 0.1) is 26.1 Å². The van der Waals surface area contributed by atoms with Crippen molar-refractivity contribution in [3.63, 3.8) is 0 Å². The second kappa shape index (κ2) is 7.80. The molecule has 1 heterocycles. The first-order chi connectivity index (χ1) is 9.10. The molecule has 0 radical (unpaired) electrons. The number of amides is 1. The largest absolute Gasteiger partial charge is 0.469 e. The molecule has 106 valence electrons. The van der Waals surface area contributed by atoms with E-state index < -0.39 is 0 Å². The number of rotatable bonds is 5. The van der Waals surface area contributed by atoms with Gasteiger partial charge >= 0.3 is 5.97 Å². The van der Waals surface area contributed by atoms with Gasteiger partial charge in [-0.15, -0.1) is 6.42 Å². The molecule has 1 amide bonds. The first kappa shape index (κ1) is 15.5. The molecular weight excluding hydrogens is 244 g/mol. The highest BCUT2D eigenvalue weighted by atomic mass is 16.5. The fourth-order valence-electron chi connectivity index (χ4n) is 2.46. The number of piperidine rings is 1. The third-order valence-electron chi connectivity index (χ3n) is 3.54. The fraction of sp³-hybridized carbons (Fsp3) is 0.714. The monoisotopic (exact) mass is 266 g/mol. The molecule has 5 nitrogen and oxygen atoms in total. The summed E-state index contributed by atoms with van der Waals surface area (Å²) in [4.78, 5) is 25.4. The molecule has 0 bridgehead atoms. The number of hydrogen-bond donors (Lipinski definition) is 1. The normalized spacial score (nSPS) is 21.2. The van der Waals surface area contributed by atoms with Crippen molar-refractivity contribution in [1.82, 2.24) is 10.2 Å². The molecule has 1 N–H and O–H groups in total. The molecule has 1 aliphatic heterocycles. The van der Waals surface area contributed by atoms with E-state index in [1.807, 2.05) is 6.92 Å². The van der Waals surface area contributed by atoms with Crippen molar-refractivity contribution < 1.29 is 14.3 Å². The first-order valence-corrected chi connectivity index (χ1v) is 6.64. The number of carbonyl (C=O) groups excluding carboxylic acids is 2. The lowest BCUT2D eigenvalue weighted by Gasteiger charge is -2.38. The number of ether oxygens (including phenoxy) is 1. The van der Waals surface area contributed by atoms with E-state index in [0.717, 1.165) is 25.8 Å². The Morgan fingerprint density at radius 1 is 1.53 bits per heavy atom. The van der Waals surface area contributed by atoms with Crippen LogP contribution < -0.4 is 5.32 Å². The predicted octanol–water partition coefficient (Wildman–Crippen LogP) is 0.542. The lowest BCUT2D eigenvalue weighted by molar-refractivity contribution is -0.143. The molecule has 0 aromatic rings. The Hall–Kier alpha value is -1.54. The van der Waals surface area contributed by atoms with Gasteiger partial charge in [-0.25, -0.2) is 0 Å². The van der Waals surface area contributed by atoms with E-state index in [2.05, 4.69) is 16.1 Å². The number of esters is 1. The van der Waals surface area contributed by atoms with Gasteiger partial charge in [-0.1, -0.05) is 12.3 Å². The van der Waals surface area contributed by atoms with Gasteiger partial charge in [0, 0.05) is 6.04 Å². The highest BCUT2D eigenvalue weighted by Crippen LogP contribution is 2.22. The van der Waals surface area contributed by atoms with Gasteiger partial charge in [-0.3, -0.25) is 14.5 Å². The third-order valence-corrected chi connectivity index (χ3v) is 3.54. The Morgan fingerprint density at radius 2 is 2.26 bits per heavy atom. The van der Waals surface area contributed by atoms with Crippen molar-refractivity contribution >= 4 is 11.9 Å². The van der Waals surface area contributed by atoms with E-state index in [-0.39, 0.29) is 30.5 Å². The predicted molar refractivity (Wildman–Crippen MR) is 72.3 cm³/mol. The number of nitrogens with zero attached hydrogens (tertiary/aromatic N) is 1. The van der Waals surface area contributed by atoms with Crippen molar-refractivity contribution in [2.24, 2.45) is 0 Å². The molecule has 1 fully saturated rings. The molecule has 1 saturated heterocycles. The maximum atomic E-state index is 11.9. The van der Waals surface area contributed by atoms with Crippen molar-refractivity contribution in [2.75, 3.05) is 20.2 Å². The van der Waals surface area contributed by atoms with Crippen LogP contribution in [0.25, 0.3) is 0 Å². The summed E-state index contributed by atoms with van der Waals surface area (Å²) in [5, 5.41) is 2.68. The molecular formula is C14H22N2O3. The first-order valence-electron chi connectivity index (χ1n) is 6.64. The summed E-state index contributed by atoms with van der Waals surface area (Å²) in [7, 11) is 1.39. The van der Waals surface area contributed by atoms with Gasteiger partial charge in [0.1, 0.15) is 0 Å². The number of terminal acetylenes is 1. The van der Waals surface area contributed by atoms with Gasteiger partial charge in [0.2, 0.25) is 5.91 Å². The average molecular weight is 266 g/mol. The van der Waals surface area contributed by atoms with E-state index in [1.54, 1.807) is 0 Å². The van der Waals surface area contributed by atoms with Crippen LogP contribution in [0.5, 0.6) is 0 Å². The SMILES string of the molecule is C#CCNC(=O)C(C)N1CCCCC1CC(=O)OC. The molecule has 2 atom stereocenters. The zero-order valence-corrected chi connectivity index (χ0v) is 11.6. The third kappa shape index (κ3) is 4.56. The second-order valence-electron chi connectivity index (χ2n) is 4.77. The summed E-state index contributed by atoms with van der Waals surface area (Å²) < 4.78 is 4.71. The van der Waals surface area contributed by atoms with Crippen LogP contribution in [0.3, 0.4) is 0 Å². The maximum Gasteiger partial charge on any atom is 0.307 e. The number of methoxy groups -OCH3 is 1. The quantitative estimate of drug-likeness (QED) is 0.583. The molecule has 19 heavy (non-hydrogen) atoms. The van der Waals surface area contributed by atoms with Gasteiger partial charge in [0.25, 0.3) is 0 Å². The Labute approximate surface area is 114 Å². The van der Waals surface area contributed by atoms with Gasteiger partial charge in [-0.05, 0) is 26.3 Å². The number of likely N-dealkylation sites (tertiary alicyclic amines) is 1. The van der Waals surface area contributed by atoms with Crippen molar-refractivity contribution in [3.8, 4) is 12.3 Å². The fourth-order valence-corrected chi connectivity index (χ4v) is 2.46. The molecule has 0 aromatic heterocycles. The van der Waals surface area contributed by atoms with Crippen molar-refractivity contribution in [2.45, 2.75) is 44.7 Å². The average Bonchev–Trinajstić information content (AvgIpc) is 2.44. The molecule has 0 spiro atoms. The Morgan fingerprint density at radius 3 is 2.89 bits per heavy atom. The van der Waals surface area contributed by atoms with Crippen LogP contribution in [0.4, 0.5) is 0 Å². The zero-order chi connectivity index (χ0) is 14.3. The van der Waals surface area contributed by atoms with Crippen LogP contribution in [-0.2, 0) is 14.3 Å². The maximum absolute atomic E-state index is 11.9. The molecule has 1 rings (SSSR count). The van der Waals surface area contributed by atoms with E-state index in [1.165, 1.54) is 7.11 Å². The zero-order valence-electron chi connectivity index (χ0n) is 11.6. The van der Waals surface area contributed by atoms with Gasteiger partial charge in [0.15, 0.2) is 0 Å². The lowest BCUT2D eigenvalue weighted by Crippen LogP contribution is -2.52. The minimum Gasteiger partial charge on any atom is -0.469 e. The highest BCUT2D eigenvalue weighted by Gasteiger charge is 2.31. The lowest BCUT2D eigenvalue weighted by atomic mass is 9.97. The minimum absolute atomic E-state index is 0.0767. The number of hydrogen-bond acceptors (Lipinski definition) is 4. The van der Waals surface area contributed by atoms with E-state index in [9.17, 15) is 9.59 Å². The van der Waals surface area contributed by atoms with Crippen LogP contribution in [0, 0.1) is 12.3 Å². The summed E-state index contributed by atoms with van der Waals surface area (Å²) in [6, 6.07) is -0.198.